The molecule has 6 heteroatoms. The zero-order valence-electron chi connectivity index (χ0n) is 10.1. The maximum absolute atomic E-state index is 10.9. The van der Waals surface area contributed by atoms with Crippen LogP contribution in [-0.4, -0.2) is 23.3 Å². The zero-order chi connectivity index (χ0) is 13.0. The number of hydrogen-bond donors (Lipinski definition) is 1. The van der Waals surface area contributed by atoms with Gasteiger partial charge in [-0.3, -0.25) is 0 Å². The van der Waals surface area contributed by atoms with Gasteiger partial charge in [-0.15, -0.1) is 0 Å². The van der Waals surface area contributed by atoms with Crippen molar-refractivity contribution in [2.45, 2.75) is 13.5 Å². The lowest BCUT2D eigenvalue weighted by Crippen LogP contribution is -2.22. The summed E-state index contributed by atoms with van der Waals surface area (Å²) in [5.74, 6) is 0.841. The number of amides is 1. The average molecular weight is 247 g/mol. The van der Waals surface area contributed by atoms with E-state index in [0.717, 1.165) is 11.1 Å². The van der Waals surface area contributed by atoms with Crippen LogP contribution in [0.2, 0.25) is 0 Å². The number of hydrogen-bond acceptors (Lipinski definition) is 5. The van der Waals surface area contributed by atoms with E-state index in [0.29, 0.717) is 11.7 Å². The van der Waals surface area contributed by atoms with Crippen molar-refractivity contribution in [1.29, 1.82) is 0 Å². The Morgan fingerprint density at radius 1 is 1.44 bits per heavy atom. The first-order valence-electron chi connectivity index (χ1n) is 5.41. The monoisotopic (exact) mass is 247 g/mol. The summed E-state index contributed by atoms with van der Waals surface area (Å²) in [6, 6.07) is 7.74. The maximum Gasteiger partial charge on any atom is 0.407 e. The van der Waals surface area contributed by atoms with Crippen LogP contribution in [0.3, 0.4) is 0 Å². The second kappa shape index (κ2) is 5.31. The molecule has 0 spiro atoms. The predicted molar refractivity (Wildman–Crippen MR) is 63.7 cm³/mol. The fourth-order valence-electron chi connectivity index (χ4n) is 1.48. The van der Waals surface area contributed by atoms with Crippen molar-refractivity contribution in [3.63, 3.8) is 0 Å². The molecule has 0 aliphatic rings. The molecule has 0 fully saturated rings. The molecule has 0 atom stereocenters. The third-order valence-corrected chi connectivity index (χ3v) is 2.42. The molecule has 0 radical (unpaired) electrons. The minimum Gasteiger partial charge on any atom is -0.453 e. The third-order valence-electron chi connectivity index (χ3n) is 2.42. The largest absolute Gasteiger partial charge is 0.453 e. The molecular formula is C12H13N3O3. The molecule has 18 heavy (non-hydrogen) atoms. The number of alkyl carbamates (subject to hydrolysis) is 1. The molecule has 0 aliphatic heterocycles. The number of nitrogens with one attached hydrogen (secondary N) is 1. The van der Waals surface area contributed by atoms with Gasteiger partial charge in [-0.1, -0.05) is 29.4 Å². The molecule has 2 aromatic rings. The topological polar surface area (TPSA) is 77.2 Å². The number of aromatic nitrogens is 2. The van der Waals surface area contributed by atoms with Gasteiger partial charge >= 0.3 is 6.09 Å². The van der Waals surface area contributed by atoms with Gasteiger partial charge < -0.3 is 14.6 Å². The number of aryl methyl sites for hydroxylation is 1. The number of rotatable bonds is 3. The second-order valence-electron chi connectivity index (χ2n) is 3.67. The van der Waals surface area contributed by atoms with Crippen LogP contribution in [0.4, 0.5) is 4.79 Å². The molecule has 2 rings (SSSR count). The van der Waals surface area contributed by atoms with Gasteiger partial charge in [0.15, 0.2) is 0 Å². The van der Waals surface area contributed by atoms with Crippen LogP contribution in [0.1, 0.15) is 11.5 Å². The van der Waals surface area contributed by atoms with E-state index in [-0.39, 0.29) is 6.54 Å². The van der Waals surface area contributed by atoms with Crippen molar-refractivity contribution >= 4 is 6.09 Å². The summed E-state index contributed by atoms with van der Waals surface area (Å²) in [5, 5.41) is 6.34. The van der Waals surface area contributed by atoms with Gasteiger partial charge in [0.25, 0.3) is 0 Å². The molecule has 6 nitrogen and oxygen atoms in total. The van der Waals surface area contributed by atoms with Gasteiger partial charge in [-0.05, 0) is 12.5 Å². The van der Waals surface area contributed by atoms with Crippen molar-refractivity contribution in [2.75, 3.05) is 7.11 Å². The first kappa shape index (κ1) is 12.1. The maximum atomic E-state index is 10.9. The van der Waals surface area contributed by atoms with Gasteiger partial charge in [0, 0.05) is 5.56 Å². The van der Waals surface area contributed by atoms with Crippen LogP contribution >= 0.6 is 0 Å². The average Bonchev–Trinajstić information content (AvgIpc) is 2.85. The summed E-state index contributed by atoms with van der Waals surface area (Å²) in [6.07, 6.45) is -0.536. The van der Waals surface area contributed by atoms with Crippen molar-refractivity contribution in [3.05, 3.63) is 35.7 Å². The predicted octanol–water partition coefficient (Wildman–Crippen LogP) is 1.90. The van der Waals surface area contributed by atoms with E-state index in [2.05, 4.69) is 20.2 Å². The van der Waals surface area contributed by atoms with Gasteiger partial charge in [0.1, 0.15) is 6.54 Å². The molecule has 0 unspecified atom stereocenters. The molecule has 94 valence electrons. The highest BCUT2D eigenvalue weighted by Crippen LogP contribution is 2.19. The van der Waals surface area contributed by atoms with E-state index in [1.54, 1.807) is 0 Å². The van der Waals surface area contributed by atoms with E-state index < -0.39 is 6.09 Å². The zero-order valence-corrected chi connectivity index (χ0v) is 10.1. The SMILES string of the molecule is COC(=O)NCc1nc(-c2ccccc2C)no1. The highest BCUT2D eigenvalue weighted by Gasteiger charge is 2.11. The summed E-state index contributed by atoms with van der Waals surface area (Å²) in [6.45, 7) is 2.11. The van der Waals surface area contributed by atoms with Gasteiger partial charge in [0.2, 0.25) is 11.7 Å². The Kier molecular flexibility index (Phi) is 3.57. The normalized spacial score (nSPS) is 10.1. The summed E-state index contributed by atoms with van der Waals surface area (Å²) < 4.78 is 9.48. The first-order chi connectivity index (χ1) is 8.70. The number of nitrogens with zero attached hydrogens (tertiary/aromatic N) is 2. The van der Waals surface area contributed by atoms with E-state index in [1.807, 2.05) is 31.2 Å². The van der Waals surface area contributed by atoms with Crippen molar-refractivity contribution < 1.29 is 14.1 Å². The number of benzene rings is 1. The standard InChI is InChI=1S/C12H13N3O3/c1-8-5-3-4-6-9(8)11-14-10(18-15-11)7-13-12(16)17-2/h3-6H,7H2,1-2H3,(H,13,16). The number of carbonyl (C=O) groups is 1. The van der Waals surface area contributed by atoms with Gasteiger partial charge in [0.05, 0.1) is 7.11 Å². The van der Waals surface area contributed by atoms with Crippen LogP contribution in [0, 0.1) is 6.92 Å². The second-order valence-corrected chi connectivity index (χ2v) is 3.67. The van der Waals surface area contributed by atoms with E-state index in [9.17, 15) is 4.79 Å². The van der Waals surface area contributed by atoms with Crippen LogP contribution in [0.15, 0.2) is 28.8 Å². The van der Waals surface area contributed by atoms with Crippen molar-refractivity contribution in [2.24, 2.45) is 0 Å². The van der Waals surface area contributed by atoms with Crippen molar-refractivity contribution in [1.82, 2.24) is 15.5 Å². The number of ether oxygens (including phenoxy) is 1. The Hall–Kier alpha value is -2.37. The molecular weight excluding hydrogens is 234 g/mol. The first-order valence-corrected chi connectivity index (χ1v) is 5.41. The highest BCUT2D eigenvalue weighted by molar-refractivity contribution is 5.66. The minimum atomic E-state index is -0.536. The quantitative estimate of drug-likeness (QED) is 0.896. The highest BCUT2D eigenvalue weighted by atomic mass is 16.5. The molecule has 1 aromatic heterocycles. The third kappa shape index (κ3) is 2.65. The molecule has 1 aromatic carbocycles. The van der Waals surface area contributed by atoms with Gasteiger partial charge in [-0.2, -0.15) is 4.98 Å². The molecule has 0 aliphatic carbocycles. The van der Waals surface area contributed by atoms with E-state index >= 15 is 0 Å². The molecule has 1 heterocycles. The summed E-state index contributed by atoms with van der Waals surface area (Å²) in [5.41, 5.74) is 1.97. The lowest BCUT2D eigenvalue weighted by Gasteiger charge is -1.99. The molecule has 0 bridgehead atoms. The number of methoxy groups -OCH3 is 1. The smallest absolute Gasteiger partial charge is 0.407 e. The van der Waals surface area contributed by atoms with Crippen LogP contribution in [0.25, 0.3) is 11.4 Å². The Balaban J connectivity index is 2.11. The lowest BCUT2D eigenvalue weighted by atomic mass is 10.1. The van der Waals surface area contributed by atoms with Crippen molar-refractivity contribution in [3.8, 4) is 11.4 Å². The lowest BCUT2D eigenvalue weighted by molar-refractivity contribution is 0.169. The Morgan fingerprint density at radius 3 is 2.94 bits per heavy atom. The fourth-order valence-corrected chi connectivity index (χ4v) is 1.48. The molecule has 1 amide bonds. The summed E-state index contributed by atoms with van der Waals surface area (Å²) >= 11 is 0. The van der Waals surface area contributed by atoms with E-state index in [1.165, 1.54) is 7.11 Å². The minimum absolute atomic E-state index is 0.144. The van der Waals surface area contributed by atoms with Gasteiger partial charge in [-0.25, -0.2) is 4.79 Å². The van der Waals surface area contributed by atoms with Crippen LogP contribution in [-0.2, 0) is 11.3 Å². The Labute approximate surface area is 104 Å². The van der Waals surface area contributed by atoms with Crippen LogP contribution < -0.4 is 5.32 Å². The molecule has 1 N–H and O–H groups in total. The molecule has 0 saturated carbocycles. The molecule has 0 saturated heterocycles. The summed E-state index contributed by atoms with van der Waals surface area (Å²) in [7, 11) is 1.29. The Morgan fingerprint density at radius 2 is 2.22 bits per heavy atom. The summed E-state index contributed by atoms with van der Waals surface area (Å²) in [4.78, 5) is 15.1. The van der Waals surface area contributed by atoms with E-state index in [4.69, 9.17) is 4.52 Å². The van der Waals surface area contributed by atoms with Crippen LogP contribution in [0.5, 0.6) is 0 Å². The number of carbonyl (C=O) groups excluding carboxylic acids is 1. The Bertz CT molecular complexity index is 551. The fraction of sp³-hybridized carbons (Fsp3) is 0.250.